The fourth-order valence-electron chi connectivity index (χ4n) is 2.96. The van der Waals surface area contributed by atoms with E-state index in [1.165, 1.54) is 0 Å². The molecule has 128 valence electrons. The van der Waals surface area contributed by atoms with Gasteiger partial charge >= 0.3 is 0 Å². The first-order valence-electron chi connectivity index (χ1n) is 8.15. The SMILES string of the molecule is Cc1ccc2ncn(Cc3cc(Cl)c4c(c3)OCCCO4)c(=O)c2c1. The maximum Gasteiger partial charge on any atom is 0.261 e. The third-order valence-electron chi connectivity index (χ3n) is 4.19. The van der Waals surface area contributed by atoms with E-state index < -0.39 is 0 Å². The van der Waals surface area contributed by atoms with Gasteiger partial charge in [-0.3, -0.25) is 9.36 Å². The van der Waals surface area contributed by atoms with Crippen LogP contribution in [0.1, 0.15) is 17.5 Å². The molecular formula is C19H17ClN2O3. The van der Waals surface area contributed by atoms with E-state index in [4.69, 9.17) is 21.1 Å². The highest BCUT2D eigenvalue weighted by Crippen LogP contribution is 2.38. The Morgan fingerprint density at radius 3 is 2.92 bits per heavy atom. The Bertz CT molecular complexity index is 1010. The van der Waals surface area contributed by atoms with Crippen LogP contribution in [0.2, 0.25) is 5.02 Å². The molecule has 2 aromatic carbocycles. The molecule has 3 aromatic rings. The van der Waals surface area contributed by atoms with Crippen molar-refractivity contribution in [3.63, 3.8) is 0 Å². The van der Waals surface area contributed by atoms with Crippen LogP contribution in [-0.4, -0.2) is 22.8 Å². The molecule has 0 fully saturated rings. The second-order valence-electron chi connectivity index (χ2n) is 6.15. The number of hydrogen-bond donors (Lipinski definition) is 0. The van der Waals surface area contributed by atoms with E-state index >= 15 is 0 Å². The number of fused-ring (bicyclic) bond motifs is 2. The van der Waals surface area contributed by atoms with Crippen molar-refractivity contribution in [2.24, 2.45) is 0 Å². The molecule has 0 saturated carbocycles. The standard InChI is InChI=1S/C19H17ClN2O3/c1-12-3-4-16-14(7-12)19(23)22(11-21-16)10-13-8-15(20)18-17(9-13)24-5-2-6-25-18/h3-4,7-9,11H,2,5-6,10H2,1H3. The lowest BCUT2D eigenvalue weighted by atomic mass is 10.1. The molecule has 0 atom stereocenters. The third-order valence-corrected chi connectivity index (χ3v) is 4.48. The van der Waals surface area contributed by atoms with Crippen LogP contribution in [0.3, 0.4) is 0 Å². The average Bonchev–Trinajstić information content (AvgIpc) is 2.84. The topological polar surface area (TPSA) is 53.4 Å². The first-order valence-corrected chi connectivity index (χ1v) is 8.53. The molecule has 0 bridgehead atoms. The lowest BCUT2D eigenvalue weighted by Gasteiger charge is -2.13. The summed E-state index contributed by atoms with van der Waals surface area (Å²) in [5.74, 6) is 1.19. The Balaban J connectivity index is 1.74. The largest absolute Gasteiger partial charge is 0.489 e. The van der Waals surface area contributed by atoms with Crippen LogP contribution in [0.4, 0.5) is 0 Å². The molecule has 0 spiro atoms. The summed E-state index contributed by atoms with van der Waals surface area (Å²) in [5.41, 5.74) is 2.52. The summed E-state index contributed by atoms with van der Waals surface area (Å²) in [4.78, 5) is 17.1. The van der Waals surface area contributed by atoms with Gasteiger partial charge in [-0.05, 0) is 36.8 Å². The fraction of sp³-hybridized carbons (Fsp3) is 0.263. The first kappa shape index (κ1) is 16.0. The molecule has 0 saturated heterocycles. The Labute approximate surface area is 149 Å². The number of hydrogen-bond acceptors (Lipinski definition) is 4. The Kier molecular flexibility index (Phi) is 4.09. The molecule has 0 N–H and O–H groups in total. The number of aryl methyl sites for hydroxylation is 1. The number of benzene rings is 2. The van der Waals surface area contributed by atoms with Crippen LogP contribution >= 0.6 is 11.6 Å². The minimum atomic E-state index is -0.0723. The first-order chi connectivity index (χ1) is 12.1. The minimum Gasteiger partial charge on any atom is -0.489 e. The van der Waals surface area contributed by atoms with Crippen molar-refractivity contribution in [1.82, 2.24) is 9.55 Å². The second kappa shape index (κ2) is 6.41. The molecule has 0 radical (unpaired) electrons. The normalized spacial score (nSPS) is 13.7. The molecule has 4 rings (SSSR count). The van der Waals surface area contributed by atoms with Crippen molar-refractivity contribution in [3.05, 3.63) is 63.2 Å². The van der Waals surface area contributed by atoms with Crippen molar-refractivity contribution < 1.29 is 9.47 Å². The molecule has 0 unspecified atom stereocenters. The van der Waals surface area contributed by atoms with Crippen molar-refractivity contribution in [2.45, 2.75) is 19.9 Å². The van der Waals surface area contributed by atoms with Gasteiger partial charge in [0.25, 0.3) is 5.56 Å². The summed E-state index contributed by atoms with van der Waals surface area (Å²) in [6.07, 6.45) is 2.38. The zero-order valence-corrected chi connectivity index (χ0v) is 14.5. The van der Waals surface area contributed by atoms with Crippen molar-refractivity contribution in [3.8, 4) is 11.5 Å². The van der Waals surface area contributed by atoms with E-state index in [1.807, 2.05) is 37.3 Å². The van der Waals surface area contributed by atoms with E-state index in [-0.39, 0.29) is 5.56 Å². The van der Waals surface area contributed by atoms with Crippen LogP contribution in [-0.2, 0) is 6.54 Å². The van der Waals surface area contributed by atoms with Gasteiger partial charge < -0.3 is 9.47 Å². The molecule has 1 aromatic heterocycles. The lowest BCUT2D eigenvalue weighted by molar-refractivity contribution is 0.297. The van der Waals surface area contributed by atoms with Gasteiger partial charge in [0.15, 0.2) is 11.5 Å². The summed E-state index contributed by atoms with van der Waals surface area (Å²) in [6, 6.07) is 9.35. The quantitative estimate of drug-likeness (QED) is 0.704. The number of ether oxygens (including phenoxy) is 2. The summed E-state index contributed by atoms with van der Waals surface area (Å²) in [6.45, 7) is 3.49. The highest BCUT2D eigenvalue weighted by Gasteiger charge is 2.16. The van der Waals surface area contributed by atoms with Gasteiger partial charge in [-0.15, -0.1) is 0 Å². The van der Waals surface area contributed by atoms with Gasteiger partial charge in [-0.2, -0.15) is 0 Å². The van der Waals surface area contributed by atoms with Gasteiger partial charge in [-0.1, -0.05) is 23.2 Å². The molecule has 5 nitrogen and oxygen atoms in total. The van der Waals surface area contributed by atoms with Gasteiger partial charge in [0.2, 0.25) is 0 Å². The molecule has 6 heteroatoms. The van der Waals surface area contributed by atoms with Gasteiger partial charge in [-0.25, -0.2) is 4.98 Å². The number of rotatable bonds is 2. The van der Waals surface area contributed by atoms with E-state index in [0.717, 1.165) is 17.5 Å². The molecule has 0 amide bonds. The number of nitrogens with zero attached hydrogens (tertiary/aromatic N) is 2. The highest BCUT2D eigenvalue weighted by molar-refractivity contribution is 6.32. The second-order valence-corrected chi connectivity index (χ2v) is 6.56. The summed E-state index contributed by atoms with van der Waals surface area (Å²) < 4.78 is 12.9. The lowest BCUT2D eigenvalue weighted by Crippen LogP contribution is -2.21. The smallest absolute Gasteiger partial charge is 0.261 e. The zero-order chi connectivity index (χ0) is 17.4. The van der Waals surface area contributed by atoms with E-state index in [9.17, 15) is 4.79 Å². The number of halogens is 1. The van der Waals surface area contributed by atoms with Crippen molar-refractivity contribution >= 4 is 22.5 Å². The molecule has 2 heterocycles. The maximum absolute atomic E-state index is 12.7. The highest BCUT2D eigenvalue weighted by atomic mass is 35.5. The molecule has 25 heavy (non-hydrogen) atoms. The van der Waals surface area contributed by atoms with Crippen molar-refractivity contribution in [2.75, 3.05) is 13.2 Å². The zero-order valence-electron chi connectivity index (χ0n) is 13.8. The Hall–Kier alpha value is -2.53. The van der Waals surface area contributed by atoms with E-state index in [0.29, 0.717) is 47.2 Å². The summed E-state index contributed by atoms with van der Waals surface area (Å²) in [7, 11) is 0. The third kappa shape index (κ3) is 3.07. The van der Waals surface area contributed by atoms with Crippen molar-refractivity contribution in [1.29, 1.82) is 0 Å². The predicted octanol–water partition coefficient (Wildman–Crippen LogP) is 3.57. The monoisotopic (exact) mass is 356 g/mol. The average molecular weight is 357 g/mol. The van der Waals surface area contributed by atoms with Gasteiger partial charge in [0, 0.05) is 6.42 Å². The Morgan fingerprint density at radius 2 is 2.04 bits per heavy atom. The molecule has 1 aliphatic rings. The summed E-state index contributed by atoms with van der Waals surface area (Å²) >= 11 is 6.33. The van der Waals surface area contributed by atoms with Crippen LogP contribution in [0.5, 0.6) is 11.5 Å². The minimum absolute atomic E-state index is 0.0723. The molecular weight excluding hydrogens is 340 g/mol. The maximum atomic E-state index is 12.7. The molecule has 1 aliphatic heterocycles. The van der Waals surface area contributed by atoms with Crippen LogP contribution < -0.4 is 15.0 Å². The fourth-order valence-corrected chi connectivity index (χ4v) is 3.25. The Morgan fingerprint density at radius 1 is 1.20 bits per heavy atom. The van der Waals surface area contributed by atoms with Crippen LogP contribution in [0.15, 0.2) is 41.5 Å². The molecule has 0 aliphatic carbocycles. The summed E-state index contributed by atoms with van der Waals surface area (Å²) in [5, 5.41) is 1.11. The van der Waals surface area contributed by atoms with Crippen LogP contribution in [0.25, 0.3) is 10.9 Å². The van der Waals surface area contributed by atoms with E-state index in [1.54, 1.807) is 10.9 Å². The predicted molar refractivity (Wildman–Crippen MR) is 96.9 cm³/mol. The van der Waals surface area contributed by atoms with Gasteiger partial charge in [0.1, 0.15) is 0 Å². The van der Waals surface area contributed by atoms with Gasteiger partial charge in [0.05, 0.1) is 42.0 Å². The van der Waals surface area contributed by atoms with E-state index in [2.05, 4.69) is 4.98 Å². The number of aromatic nitrogens is 2. The van der Waals surface area contributed by atoms with Crippen LogP contribution in [0, 0.1) is 6.92 Å².